The van der Waals surface area contributed by atoms with E-state index in [0.717, 1.165) is 20.3 Å². The number of carboxylic acids is 1. The van der Waals surface area contributed by atoms with Gasteiger partial charge in [0.1, 0.15) is 16.8 Å². The van der Waals surface area contributed by atoms with Crippen LogP contribution >= 0.6 is 11.3 Å². The van der Waals surface area contributed by atoms with Crippen LogP contribution in [0, 0.1) is 5.41 Å². The highest BCUT2D eigenvalue weighted by Crippen LogP contribution is 2.40. The lowest BCUT2D eigenvalue weighted by molar-refractivity contribution is -0.900. The van der Waals surface area contributed by atoms with Gasteiger partial charge in [0.2, 0.25) is 5.91 Å². The Morgan fingerprint density at radius 2 is 1.82 bits per heavy atom. The number of carboxylic acid groups (broad SMARTS) is 1. The molecular weight excluding hydrogens is 504 g/mol. The van der Waals surface area contributed by atoms with E-state index in [-0.39, 0.29) is 24.8 Å². The van der Waals surface area contributed by atoms with Gasteiger partial charge >= 0.3 is 0 Å². The number of likely N-dealkylation sites (tertiary alicyclic amines) is 1. The number of nitrogens with zero attached hydrogens (tertiary/aromatic N) is 3. The van der Waals surface area contributed by atoms with Crippen molar-refractivity contribution >= 4 is 39.3 Å². The first-order chi connectivity index (χ1) is 18.0. The summed E-state index contributed by atoms with van der Waals surface area (Å²) in [5, 5.41) is 15.1. The van der Waals surface area contributed by atoms with Gasteiger partial charge in [0.05, 0.1) is 69.1 Å². The maximum absolute atomic E-state index is 13.3. The summed E-state index contributed by atoms with van der Waals surface area (Å²) in [6, 6.07) is 11.6. The Balaban J connectivity index is 1.32. The minimum absolute atomic E-state index is 0.0821. The molecule has 10 heteroatoms. The Kier molecular flexibility index (Phi) is 6.65. The largest absolute Gasteiger partial charge is 0.550 e. The highest BCUT2D eigenvalue weighted by Gasteiger charge is 2.44. The average Bonchev–Trinajstić information content (AvgIpc) is 3.39. The van der Waals surface area contributed by atoms with E-state index in [9.17, 15) is 19.5 Å². The number of likely N-dealkylation sites (N-methyl/N-ethyl adjacent to an activating group) is 1. The van der Waals surface area contributed by atoms with Gasteiger partial charge in [-0.2, -0.15) is 0 Å². The molecule has 3 aromatic rings. The molecule has 0 spiro atoms. The summed E-state index contributed by atoms with van der Waals surface area (Å²) in [6.07, 6.45) is 0.370. The van der Waals surface area contributed by atoms with Crippen LogP contribution in [-0.2, 0) is 29.0 Å². The predicted molar refractivity (Wildman–Crippen MR) is 142 cm³/mol. The molecule has 200 valence electrons. The molecule has 0 saturated carbocycles. The number of aliphatic carboxylic acids is 1. The normalized spacial score (nSPS) is 16.7. The van der Waals surface area contributed by atoms with E-state index in [1.807, 2.05) is 35.2 Å². The number of fused-ring (bicyclic) bond motifs is 2. The van der Waals surface area contributed by atoms with Crippen LogP contribution in [-0.4, -0.2) is 79.5 Å². The van der Waals surface area contributed by atoms with Crippen molar-refractivity contribution in [2.75, 3.05) is 41.3 Å². The molecule has 2 amide bonds. The molecule has 0 bridgehead atoms. The van der Waals surface area contributed by atoms with E-state index in [1.165, 1.54) is 11.3 Å². The number of hydrogen-bond acceptors (Lipinski definition) is 7. The number of thiazole rings is 1. The number of nitrogens with one attached hydrogen (secondary N) is 1. The Bertz CT molecular complexity index is 1400. The molecule has 1 N–H and O–H groups in total. The van der Waals surface area contributed by atoms with Gasteiger partial charge in [-0.1, -0.05) is 24.3 Å². The maximum atomic E-state index is 13.3. The zero-order valence-corrected chi connectivity index (χ0v) is 22.9. The van der Waals surface area contributed by atoms with Gasteiger partial charge in [0, 0.05) is 18.5 Å². The highest BCUT2D eigenvalue weighted by atomic mass is 32.1. The molecule has 0 radical (unpaired) electrons. The van der Waals surface area contributed by atoms with Crippen LogP contribution < -0.4 is 15.2 Å². The lowest BCUT2D eigenvalue weighted by atomic mass is 9.80. The molecular formula is C28H32N4O5S. The van der Waals surface area contributed by atoms with Gasteiger partial charge < -0.3 is 29.3 Å². The number of hydrogen-bond donors (Lipinski definition) is 1. The molecule has 1 saturated heterocycles. The monoisotopic (exact) mass is 536 g/mol. The summed E-state index contributed by atoms with van der Waals surface area (Å²) in [5.41, 5.74) is 2.02. The van der Waals surface area contributed by atoms with Crippen LogP contribution in [0.2, 0.25) is 0 Å². The molecule has 5 rings (SSSR count). The van der Waals surface area contributed by atoms with E-state index in [0.29, 0.717) is 53.8 Å². The lowest BCUT2D eigenvalue weighted by Crippen LogP contribution is -2.65. The van der Waals surface area contributed by atoms with Crippen LogP contribution in [0.4, 0.5) is 0 Å². The molecule has 1 aromatic heterocycles. The fraction of sp³-hybridized carbons (Fsp3) is 0.429. The zero-order valence-electron chi connectivity index (χ0n) is 22.1. The summed E-state index contributed by atoms with van der Waals surface area (Å²) < 4.78 is 7.18. The fourth-order valence-corrected chi connectivity index (χ4v) is 6.29. The van der Waals surface area contributed by atoms with Crippen molar-refractivity contribution in [1.29, 1.82) is 0 Å². The van der Waals surface area contributed by atoms with Crippen LogP contribution in [0.5, 0.6) is 5.75 Å². The molecule has 2 heterocycles. The number of carbonyl (C=O) groups excluding carboxylic acids is 3. The SMILES string of the molecule is COc1cc2sc(CNC(=O)C3(CC(=O)[O-])Cc4ccccc4C3)nc2cc1C(=O)N1CC([N+](C)(C)C)C1. The van der Waals surface area contributed by atoms with E-state index in [4.69, 9.17) is 4.74 Å². The van der Waals surface area contributed by atoms with Crippen LogP contribution in [0.25, 0.3) is 10.2 Å². The predicted octanol–water partition coefficient (Wildman–Crippen LogP) is 1.38. The second kappa shape index (κ2) is 9.67. The molecule has 38 heavy (non-hydrogen) atoms. The van der Waals surface area contributed by atoms with Crippen molar-refractivity contribution in [1.82, 2.24) is 15.2 Å². The lowest BCUT2D eigenvalue weighted by Gasteiger charge is -2.46. The summed E-state index contributed by atoms with van der Waals surface area (Å²) >= 11 is 1.40. The summed E-state index contributed by atoms with van der Waals surface area (Å²) in [7, 11) is 7.92. The Morgan fingerprint density at radius 3 is 2.39 bits per heavy atom. The van der Waals surface area contributed by atoms with Gasteiger partial charge in [0.15, 0.2) is 0 Å². The van der Waals surface area contributed by atoms with Crippen molar-refractivity contribution in [2.24, 2.45) is 5.41 Å². The third kappa shape index (κ3) is 4.86. The maximum Gasteiger partial charge on any atom is 0.258 e. The minimum Gasteiger partial charge on any atom is -0.550 e. The zero-order chi connectivity index (χ0) is 27.2. The van der Waals surface area contributed by atoms with E-state index in [1.54, 1.807) is 13.2 Å². The average molecular weight is 537 g/mol. The molecule has 2 aliphatic rings. The van der Waals surface area contributed by atoms with Gasteiger partial charge in [0.25, 0.3) is 5.91 Å². The van der Waals surface area contributed by atoms with Gasteiger partial charge in [-0.05, 0) is 30.0 Å². The number of ether oxygens (including phenoxy) is 1. The first kappa shape index (κ1) is 26.1. The van der Waals surface area contributed by atoms with Crippen LogP contribution in [0.3, 0.4) is 0 Å². The molecule has 2 aromatic carbocycles. The second-order valence-electron chi connectivity index (χ2n) is 11.2. The number of rotatable bonds is 8. The quantitative estimate of drug-likeness (QED) is 0.436. The minimum atomic E-state index is -1.24. The topological polar surface area (TPSA) is 112 Å². The van der Waals surface area contributed by atoms with Crippen LogP contribution in [0.15, 0.2) is 36.4 Å². The Hall–Kier alpha value is -3.50. The molecule has 0 unspecified atom stereocenters. The Labute approximate surface area is 225 Å². The third-order valence-electron chi connectivity index (χ3n) is 7.77. The summed E-state index contributed by atoms with van der Waals surface area (Å²) in [5.74, 6) is -1.16. The highest BCUT2D eigenvalue weighted by molar-refractivity contribution is 7.18. The number of amides is 2. The van der Waals surface area contributed by atoms with Gasteiger partial charge in [-0.3, -0.25) is 9.59 Å². The fourth-order valence-electron chi connectivity index (χ4n) is 5.38. The smallest absolute Gasteiger partial charge is 0.258 e. The summed E-state index contributed by atoms with van der Waals surface area (Å²) in [4.78, 5) is 44.6. The van der Waals surface area contributed by atoms with E-state index in [2.05, 4.69) is 31.4 Å². The van der Waals surface area contributed by atoms with Gasteiger partial charge in [-0.15, -0.1) is 11.3 Å². The van der Waals surface area contributed by atoms with Crippen LogP contribution in [0.1, 0.15) is 32.9 Å². The van der Waals surface area contributed by atoms with Crippen molar-refractivity contribution in [3.05, 3.63) is 58.1 Å². The standard InChI is InChI=1S/C28H32N4O5S/c1-32(2,3)19-15-31(16-19)26(35)20-9-21-23(10-22(20)37-4)38-24(30-21)14-29-27(36)28(13-25(33)34)11-17-7-5-6-8-18(17)12-28/h5-10,19H,11-16H2,1-4H3,(H-,29,33,34,36). The first-order valence-corrected chi connectivity index (χ1v) is 13.4. The first-order valence-electron chi connectivity index (χ1n) is 12.6. The Morgan fingerprint density at radius 1 is 1.16 bits per heavy atom. The number of aromatic nitrogens is 1. The molecule has 1 aliphatic heterocycles. The number of quaternary nitrogens is 1. The number of methoxy groups -OCH3 is 1. The molecule has 1 aliphatic carbocycles. The van der Waals surface area contributed by atoms with Crippen molar-refractivity contribution in [3.8, 4) is 5.75 Å². The van der Waals surface area contributed by atoms with E-state index < -0.39 is 11.4 Å². The van der Waals surface area contributed by atoms with E-state index >= 15 is 0 Å². The third-order valence-corrected chi connectivity index (χ3v) is 8.79. The second-order valence-corrected chi connectivity index (χ2v) is 12.4. The number of carbonyl (C=O) groups is 3. The van der Waals surface area contributed by atoms with Crippen molar-refractivity contribution in [2.45, 2.75) is 31.8 Å². The summed E-state index contributed by atoms with van der Waals surface area (Å²) in [6.45, 7) is 1.54. The van der Waals surface area contributed by atoms with Gasteiger partial charge in [-0.25, -0.2) is 4.98 Å². The van der Waals surface area contributed by atoms with Crippen molar-refractivity contribution in [3.63, 3.8) is 0 Å². The number of benzene rings is 2. The molecule has 0 atom stereocenters. The van der Waals surface area contributed by atoms with Crippen molar-refractivity contribution < 1.29 is 28.7 Å². The molecule has 1 fully saturated rings. The molecule has 9 nitrogen and oxygen atoms in total.